The predicted octanol–water partition coefficient (Wildman–Crippen LogP) is 2.74. The topological polar surface area (TPSA) is 24.9 Å². The molecule has 0 fully saturated rings. The summed E-state index contributed by atoms with van der Waals surface area (Å²) in [7, 11) is 0. The van der Waals surface area contributed by atoms with Gasteiger partial charge in [-0.05, 0) is 29.8 Å². The second-order valence-corrected chi connectivity index (χ2v) is 5.81. The van der Waals surface area contributed by atoms with E-state index >= 15 is 0 Å². The Bertz CT molecular complexity index is 275. The van der Waals surface area contributed by atoms with Gasteiger partial charge in [-0.3, -0.25) is 4.98 Å². The van der Waals surface area contributed by atoms with Crippen LogP contribution in [0.25, 0.3) is 0 Å². The number of nitrogens with zero attached hydrogens (tertiary/aromatic N) is 1. The molecule has 0 bridgehead atoms. The van der Waals surface area contributed by atoms with Crippen LogP contribution in [0.1, 0.15) is 26.3 Å². The smallest absolute Gasteiger partial charge is 0.0300 e. The standard InChI is InChI=1S/C13H22N2S/c1-4-15-13(10-16-11(2)3)8-12-6-5-7-14-9-12/h5-7,9,11,13,15H,4,8,10H2,1-3H3. The molecule has 1 atom stereocenters. The average Bonchev–Trinajstić information content (AvgIpc) is 2.27. The summed E-state index contributed by atoms with van der Waals surface area (Å²) < 4.78 is 0. The zero-order valence-electron chi connectivity index (χ0n) is 10.4. The van der Waals surface area contributed by atoms with E-state index in [1.54, 1.807) is 0 Å². The van der Waals surface area contributed by atoms with E-state index < -0.39 is 0 Å². The first kappa shape index (κ1) is 13.5. The summed E-state index contributed by atoms with van der Waals surface area (Å²) in [5.41, 5.74) is 1.32. The highest BCUT2D eigenvalue weighted by Crippen LogP contribution is 2.13. The van der Waals surface area contributed by atoms with Gasteiger partial charge >= 0.3 is 0 Å². The van der Waals surface area contributed by atoms with Gasteiger partial charge in [-0.1, -0.05) is 26.8 Å². The first-order valence-electron chi connectivity index (χ1n) is 5.96. The van der Waals surface area contributed by atoms with Crippen molar-refractivity contribution in [1.29, 1.82) is 0 Å². The van der Waals surface area contributed by atoms with Crippen molar-refractivity contribution >= 4 is 11.8 Å². The van der Waals surface area contributed by atoms with Gasteiger partial charge in [-0.15, -0.1) is 0 Å². The summed E-state index contributed by atoms with van der Waals surface area (Å²) in [5, 5.41) is 4.24. The SMILES string of the molecule is CCNC(CSC(C)C)Cc1cccnc1. The number of likely N-dealkylation sites (N-methyl/N-ethyl adjacent to an activating group) is 1. The summed E-state index contributed by atoms with van der Waals surface area (Å²) in [6.45, 7) is 7.69. The third kappa shape index (κ3) is 5.52. The predicted molar refractivity (Wildman–Crippen MR) is 73.0 cm³/mol. The maximum Gasteiger partial charge on any atom is 0.0300 e. The van der Waals surface area contributed by atoms with Crippen LogP contribution in [-0.2, 0) is 6.42 Å². The minimum atomic E-state index is 0.557. The Kier molecular flexibility index (Phi) is 6.50. The van der Waals surface area contributed by atoms with Crippen LogP contribution in [0.4, 0.5) is 0 Å². The normalized spacial score (nSPS) is 13.0. The van der Waals surface area contributed by atoms with E-state index in [1.807, 2.05) is 30.2 Å². The molecule has 0 radical (unpaired) electrons. The molecule has 2 nitrogen and oxygen atoms in total. The Morgan fingerprint density at radius 2 is 2.25 bits per heavy atom. The molecule has 1 heterocycles. The van der Waals surface area contributed by atoms with Gasteiger partial charge in [0.25, 0.3) is 0 Å². The fourth-order valence-electron chi connectivity index (χ4n) is 1.59. The third-order valence-corrected chi connectivity index (χ3v) is 3.59. The van der Waals surface area contributed by atoms with Gasteiger partial charge < -0.3 is 5.32 Å². The van der Waals surface area contributed by atoms with Crippen molar-refractivity contribution < 1.29 is 0 Å². The van der Waals surface area contributed by atoms with E-state index in [0.717, 1.165) is 13.0 Å². The summed E-state index contributed by atoms with van der Waals surface area (Å²) >= 11 is 2.02. The summed E-state index contributed by atoms with van der Waals surface area (Å²) in [4.78, 5) is 4.16. The van der Waals surface area contributed by atoms with Crippen LogP contribution >= 0.6 is 11.8 Å². The Morgan fingerprint density at radius 3 is 2.81 bits per heavy atom. The number of hydrogen-bond donors (Lipinski definition) is 1. The van der Waals surface area contributed by atoms with Crippen LogP contribution in [0.5, 0.6) is 0 Å². The maximum atomic E-state index is 4.16. The summed E-state index contributed by atoms with van der Waals surface area (Å²) in [5.74, 6) is 1.17. The molecular formula is C13H22N2S. The number of nitrogens with one attached hydrogen (secondary N) is 1. The van der Waals surface area contributed by atoms with Crippen LogP contribution in [0.3, 0.4) is 0 Å². The van der Waals surface area contributed by atoms with Crippen LogP contribution < -0.4 is 5.32 Å². The van der Waals surface area contributed by atoms with Crippen LogP contribution in [-0.4, -0.2) is 28.6 Å². The van der Waals surface area contributed by atoms with Crippen LogP contribution in [0, 0.1) is 0 Å². The number of aromatic nitrogens is 1. The molecule has 0 aliphatic carbocycles. The average molecular weight is 238 g/mol. The maximum absolute atomic E-state index is 4.16. The highest BCUT2D eigenvalue weighted by atomic mass is 32.2. The molecule has 1 aromatic rings. The fourth-order valence-corrected chi connectivity index (χ4v) is 2.44. The Labute approximate surface area is 103 Å². The molecule has 1 unspecified atom stereocenters. The van der Waals surface area contributed by atoms with Crippen LogP contribution in [0.15, 0.2) is 24.5 Å². The summed E-state index contributed by atoms with van der Waals surface area (Å²) in [6.07, 6.45) is 4.86. The van der Waals surface area contributed by atoms with Gasteiger partial charge in [0.05, 0.1) is 0 Å². The molecule has 1 rings (SSSR count). The summed E-state index contributed by atoms with van der Waals surface area (Å²) in [6, 6.07) is 4.72. The number of hydrogen-bond acceptors (Lipinski definition) is 3. The molecule has 1 aromatic heterocycles. The third-order valence-electron chi connectivity index (χ3n) is 2.33. The monoisotopic (exact) mass is 238 g/mol. The molecule has 0 spiro atoms. The van der Waals surface area contributed by atoms with Gasteiger partial charge in [0.2, 0.25) is 0 Å². The lowest BCUT2D eigenvalue weighted by Gasteiger charge is -2.18. The zero-order chi connectivity index (χ0) is 11.8. The highest BCUT2D eigenvalue weighted by Gasteiger charge is 2.09. The van der Waals surface area contributed by atoms with E-state index in [0.29, 0.717) is 11.3 Å². The van der Waals surface area contributed by atoms with E-state index in [2.05, 4.69) is 37.1 Å². The van der Waals surface area contributed by atoms with E-state index in [9.17, 15) is 0 Å². The van der Waals surface area contributed by atoms with Gasteiger partial charge in [-0.25, -0.2) is 0 Å². The minimum Gasteiger partial charge on any atom is -0.313 e. The van der Waals surface area contributed by atoms with Gasteiger partial charge in [-0.2, -0.15) is 11.8 Å². The molecule has 0 aliphatic rings. The lowest BCUT2D eigenvalue weighted by Crippen LogP contribution is -2.33. The first-order chi connectivity index (χ1) is 7.72. The Balaban J connectivity index is 2.44. The Morgan fingerprint density at radius 1 is 1.44 bits per heavy atom. The molecule has 0 aromatic carbocycles. The largest absolute Gasteiger partial charge is 0.313 e. The number of thioether (sulfide) groups is 1. The molecular weight excluding hydrogens is 216 g/mol. The molecule has 16 heavy (non-hydrogen) atoms. The van der Waals surface area contributed by atoms with Crippen molar-refractivity contribution in [2.24, 2.45) is 0 Å². The Hall–Kier alpha value is -0.540. The van der Waals surface area contributed by atoms with Crippen LogP contribution in [0.2, 0.25) is 0 Å². The second-order valence-electron chi connectivity index (χ2n) is 4.20. The molecule has 0 saturated heterocycles. The van der Waals surface area contributed by atoms with Crippen molar-refractivity contribution in [1.82, 2.24) is 10.3 Å². The number of rotatable bonds is 7. The van der Waals surface area contributed by atoms with Gasteiger partial charge in [0, 0.05) is 24.2 Å². The fraction of sp³-hybridized carbons (Fsp3) is 0.615. The van der Waals surface area contributed by atoms with Crippen molar-refractivity contribution in [3.63, 3.8) is 0 Å². The molecule has 0 saturated carbocycles. The quantitative estimate of drug-likeness (QED) is 0.790. The molecule has 1 N–H and O–H groups in total. The zero-order valence-corrected chi connectivity index (χ0v) is 11.3. The van der Waals surface area contributed by atoms with Crippen molar-refractivity contribution in [2.75, 3.05) is 12.3 Å². The molecule has 0 amide bonds. The lowest BCUT2D eigenvalue weighted by molar-refractivity contribution is 0.571. The minimum absolute atomic E-state index is 0.557. The van der Waals surface area contributed by atoms with E-state index in [-0.39, 0.29) is 0 Å². The molecule has 3 heteroatoms. The van der Waals surface area contributed by atoms with Crippen molar-refractivity contribution in [3.8, 4) is 0 Å². The highest BCUT2D eigenvalue weighted by molar-refractivity contribution is 7.99. The van der Waals surface area contributed by atoms with E-state index in [1.165, 1.54) is 11.3 Å². The van der Waals surface area contributed by atoms with Gasteiger partial charge in [0.15, 0.2) is 0 Å². The lowest BCUT2D eigenvalue weighted by atomic mass is 10.1. The van der Waals surface area contributed by atoms with E-state index in [4.69, 9.17) is 0 Å². The number of pyridine rings is 1. The van der Waals surface area contributed by atoms with Gasteiger partial charge in [0.1, 0.15) is 0 Å². The van der Waals surface area contributed by atoms with Crippen molar-refractivity contribution in [2.45, 2.75) is 38.5 Å². The van der Waals surface area contributed by atoms with Crippen molar-refractivity contribution in [3.05, 3.63) is 30.1 Å². The molecule has 90 valence electrons. The first-order valence-corrected chi connectivity index (χ1v) is 7.01. The molecule has 0 aliphatic heterocycles. The second kappa shape index (κ2) is 7.69.